The summed E-state index contributed by atoms with van der Waals surface area (Å²) in [6.45, 7) is 2.22. The molecule has 0 amide bonds. The van der Waals surface area contributed by atoms with Gasteiger partial charge in [-0.1, -0.05) is 23.4 Å². The Morgan fingerprint density at radius 1 is 1.12 bits per heavy atom. The molecule has 130 valence electrons. The molecular formula is C17H17Cl2N5O. The summed E-state index contributed by atoms with van der Waals surface area (Å²) in [5, 5.41) is 4.99. The van der Waals surface area contributed by atoms with Gasteiger partial charge < -0.3 is 14.8 Å². The Hall–Kier alpha value is -2.41. The number of para-hydroxylation sites is 1. The highest BCUT2D eigenvalue weighted by molar-refractivity contribution is 5.87. The molecule has 1 aromatic carbocycles. The zero-order chi connectivity index (χ0) is 15.8. The summed E-state index contributed by atoms with van der Waals surface area (Å²) in [6.07, 6.45) is 1.81. The van der Waals surface area contributed by atoms with Crippen molar-refractivity contribution in [3.8, 4) is 17.3 Å². The molecule has 0 aliphatic heterocycles. The van der Waals surface area contributed by atoms with Crippen molar-refractivity contribution in [1.82, 2.24) is 19.7 Å². The smallest absolute Gasteiger partial charge is 0.274 e. The van der Waals surface area contributed by atoms with E-state index in [-0.39, 0.29) is 24.8 Å². The van der Waals surface area contributed by atoms with E-state index in [1.54, 1.807) is 13.1 Å². The molecule has 0 saturated heterocycles. The quantitative estimate of drug-likeness (QED) is 0.588. The maximum atomic E-state index is 5.63. The Kier molecular flexibility index (Phi) is 5.79. The van der Waals surface area contributed by atoms with Gasteiger partial charge in [-0.25, -0.2) is 0 Å². The molecule has 4 aromatic rings. The average molecular weight is 378 g/mol. The number of aryl methyl sites for hydroxylation is 1. The number of benzene rings is 1. The number of hydrogen-bond acceptors (Lipinski definition) is 5. The van der Waals surface area contributed by atoms with Crippen molar-refractivity contribution < 1.29 is 4.52 Å². The molecule has 0 fully saturated rings. The van der Waals surface area contributed by atoms with E-state index in [0.29, 0.717) is 18.3 Å². The van der Waals surface area contributed by atoms with E-state index < -0.39 is 0 Å². The molecule has 0 spiro atoms. The van der Waals surface area contributed by atoms with E-state index >= 15 is 0 Å². The van der Waals surface area contributed by atoms with Crippen molar-refractivity contribution in [2.45, 2.75) is 13.5 Å². The van der Waals surface area contributed by atoms with Crippen LogP contribution in [-0.4, -0.2) is 19.7 Å². The minimum atomic E-state index is 0. The van der Waals surface area contributed by atoms with Crippen LogP contribution in [0.1, 0.15) is 11.5 Å². The summed E-state index contributed by atoms with van der Waals surface area (Å²) in [5.74, 6) is 1.09. The van der Waals surface area contributed by atoms with E-state index in [0.717, 1.165) is 28.0 Å². The van der Waals surface area contributed by atoms with Crippen LogP contribution in [0.4, 0.5) is 0 Å². The lowest BCUT2D eigenvalue weighted by molar-refractivity contribution is 0.424. The number of nitrogens with zero attached hydrogens (tertiary/aromatic N) is 4. The fourth-order valence-electron chi connectivity index (χ4n) is 2.66. The third-order valence-corrected chi connectivity index (χ3v) is 3.73. The fraction of sp³-hybridized carbons (Fsp3) is 0.118. The Morgan fingerprint density at radius 3 is 2.56 bits per heavy atom. The SMILES string of the molecule is Cc1noc(-c2cc3ccccc3n2-c2ccc(CN)nc2)n1.Cl.Cl. The first-order chi connectivity index (χ1) is 11.3. The van der Waals surface area contributed by atoms with E-state index in [1.165, 1.54) is 0 Å². The molecule has 4 rings (SSSR count). The first-order valence-corrected chi connectivity index (χ1v) is 7.33. The van der Waals surface area contributed by atoms with Crippen molar-refractivity contribution in [3.05, 3.63) is 60.2 Å². The van der Waals surface area contributed by atoms with Gasteiger partial charge >= 0.3 is 0 Å². The number of pyridine rings is 1. The first kappa shape index (κ1) is 18.9. The molecule has 6 nitrogen and oxygen atoms in total. The molecule has 25 heavy (non-hydrogen) atoms. The maximum absolute atomic E-state index is 5.63. The molecule has 3 heterocycles. The highest BCUT2D eigenvalue weighted by atomic mass is 35.5. The minimum Gasteiger partial charge on any atom is -0.332 e. The van der Waals surface area contributed by atoms with Gasteiger partial charge in [0, 0.05) is 11.9 Å². The molecule has 8 heteroatoms. The van der Waals surface area contributed by atoms with Gasteiger partial charge in [0.15, 0.2) is 5.82 Å². The number of rotatable bonds is 3. The number of hydrogen-bond donors (Lipinski definition) is 1. The zero-order valence-corrected chi connectivity index (χ0v) is 15.0. The van der Waals surface area contributed by atoms with Crippen molar-refractivity contribution in [3.63, 3.8) is 0 Å². The van der Waals surface area contributed by atoms with Gasteiger partial charge in [-0.15, -0.1) is 24.8 Å². The van der Waals surface area contributed by atoms with Crippen molar-refractivity contribution >= 4 is 35.7 Å². The van der Waals surface area contributed by atoms with Crippen LogP contribution in [0, 0.1) is 6.92 Å². The van der Waals surface area contributed by atoms with Gasteiger partial charge in [-0.3, -0.25) is 4.98 Å². The monoisotopic (exact) mass is 377 g/mol. The normalized spacial score (nSPS) is 10.3. The summed E-state index contributed by atoms with van der Waals surface area (Å²) in [7, 11) is 0. The number of halogens is 2. The van der Waals surface area contributed by atoms with Gasteiger partial charge in [0.05, 0.1) is 23.1 Å². The Bertz CT molecular complexity index is 978. The van der Waals surface area contributed by atoms with E-state index in [9.17, 15) is 0 Å². The Labute approximate surface area is 156 Å². The van der Waals surface area contributed by atoms with Gasteiger partial charge in [0.2, 0.25) is 0 Å². The van der Waals surface area contributed by atoms with Crippen LogP contribution in [0.15, 0.2) is 53.2 Å². The lowest BCUT2D eigenvalue weighted by Gasteiger charge is -2.09. The highest BCUT2D eigenvalue weighted by Gasteiger charge is 2.17. The number of nitrogens with two attached hydrogens (primary N) is 1. The van der Waals surface area contributed by atoms with Crippen LogP contribution >= 0.6 is 24.8 Å². The number of fused-ring (bicyclic) bond motifs is 1. The molecule has 0 aliphatic carbocycles. The molecular weight excluding hydrogens is 361 g/mol. The highest BCUT2D eigenvalue weighted by Crippen LogP contribution is 2.30. The molecule has 2 N–H and O–H groups in total. The predicted octanol–water partition coefficient (Wildman–Crippen LogP) is 3.69. The van der Waals surface area contributed by atoms with Crippen LogP contribution in [0.2, 0.25) is 0 Å². The summed E-state index contributed by atoms with van der Waals surface area (Å²) in [5.41, 5.74) is 9.30. The van der Waals surface area contributed by atoms with Crippen molar-refractivity contribution in [2.75, 3.05) is 0 Å². The maximum Gasteiger partial charge on any atom is 0.274 e. The molecule has 0 saturated carbocycles. The zero-order valence-electron chi connectivity index (χ0n) is 13.4. The van der Waals surface area contributed by atoms with E-state index in [4.69, 9.17) is 10.3 Å². The topological polar surface area (TPSA) is 82.8 Å². The summed E-state index contributed by atoms with van der Waals surface area (Å²) < 4.78 is 7.43. The largest absolute Gasteiger partial charge is 0.332 e. The van der Waals surface area contributed by atoms with Crippen molar-refractivity contribution in [2.24, 2.45) is 5.73 Å². The summed E-state index contributed by atoms with van der Waals surface area (Å²) in [4.78, 5) is 8.74. The Balaban J connectivity index is 0.00000113. The van der Waals surface area contributed by atoms with Gasteiger partial charge in [-0.2, -0.15) is 4.98 Å². The van der Waals surface area contributed by atoms with Crippen LogP contribution in [0.3, 0.4) is 0 Å². The third-order valence-electron chi connectivity index (χ3n) is 3.73. The number of aromatic nitrogens is 4. The fourth-order valence-corrected chi connectivity index (χ4v) is 2.66. The summed E-state index contributed by atoms with van der Waals surface area (Å²) >= 11 is 0. The second kappa shape index (κ2) is 7.65. The first-order valence-electron chi connectivity index (χ1n) is 7.33. The predicted molar refractivity (Wildman–Crippen MR) is 101 cm³/mol. The van der Waals surface area contributed by atoms with Crippen LogP contribution in [0.5, 0.6) is 0 Å². The second-order valence-corrected chi connectivity index (χ2v) is 5.28. The Morgan fingerprint density at radius 2 is 1.92 bits per heavy atom. The standard InChI is InChI=1S/C17H15N5O.2ClH/c1-11-20-17(23-21-11)16-8-12-4-2-3-5-15(12)22(16)14-7-6-13(9-18)19-10-14;;/h2-8,10H,9,18H2,1H3;2*1H. The van der Waals surface area contributed by atoms with Gasteiger partial charge in [-0.05, 0) is 31.2 Å². The molecule has 0 bridgehead atoms. The summed E-state index contributed by atoms with van der Waals surface area (Å²) in [6, 6.07) is 14.1. The lowest BCUT2D eigenvalue weighted by Crippen LogP contribution is -2.02. The molecule has 0 radical (unpaired) electrons. The average Bonchev–Trinajstić information content (AvgIpc) is 3.18. The minimum absolute atomic E-state index is 0. The second-order valence-electron chi connectivity index (χ2n) is 5.28. The van der Waals surface area contributed by atoms with Crippen LogP contribution in [-0.2, 0) is 6.54 Å². The van der Waals surface area contributed by atoms with Crippen LogP contribution in [0.25, 0.3) is 28.2 Å². The lowest BCUT2D eigenvalue weighted by atomic mass is 10.2. The molecule has 0 atom stereocenters. The van der Waals surface area contributed by atoms with Crippen molar-refractivity contribution in [1.29, 1.82) is 0 Å². The van der Waals surface area contributed by atoms with E-state index in [1.807, 2.05) is 30.3 Å². The third kappa shape index (κ3) is 3.37. The molecule has 3 aromatic heterocycles. The van der Waals surface area contributed by atoms with Gasteiger partial charge in [0.25, 0.3) is 5.89 Å². The molecule has 0 aliphatic rings. The van der Waals surface area contributed by atoms with E-state index in [2.05, 4.69) is 31.8 Å². The van der Waals surface area contributed by atoms with Gasteiger partial charge in [0.1, 0.15) is 5.69 Å². The van der Waals surface area contributed by atoms with Crippen LogP contribution < -0.4 is 5.73 Å². The molecule has 0 unspecified atom stereocenters.